The van der Waals surface area contributed by atoms with Crippen molar-refractivity contribution in [3.8, 4) is 0 Å². The molecule has 0 aliphatic carbocycles. The molecule has 0 aromatic carbocycles. The summed E-state index contributed by atoms with van der Waals surface area (Å²) in [5.41, 5.74) is 0. The molecule has 1 saturated heterocycles. The van der Waals surface area contributed by atoms with Gasteiger partial charge < -0.3 is 0 Å². The second-order valence-electron chi connectivity index (χ2n) is 5.71. The van der Waals surface area contributed by atoms with Crippen LogP contribution >= 0.6 is 0 Å². The maximum absolute atomic E-state index is 2.68. The van der Waals surface area contributed by atoms with Crippen molar-refractivity contribution in [2.45, 2.75) is 72.5 Å². The van der Waals surface area contributed by atoms with Crippen LogP contribution in [-0.4, -0.2) is 23.0 Å². The van der Waals surface area contributed by atoms with Gasteiger partial charge in [-0.3, -0.25) is 4.90 Å². The van der Waals surface area contributed by atoms with E-state index in [0.717, 1.165) is 23.9 Å². The Morgan fingerprint density at radius 1 is 0.929 bits per heavy atom. The zero-order valence-electron chi connectivity index (χ0n) is 10.7. The quantitative estimate of drug-likeness (QED) is 0.654. The van der Waals surface area contributed by atoms with Crippen molar-refractivity contribution in [3.63, 3.8) is 0 Å². The lowest BCUT2D eigenvalue weighted by Gasteiger charge is -2.46. The summed E-state index contributed by atoms with van der Waals surface area (Å²) in [4.78, 5) is 2.68. The van der Waals surface area contributed by atoms with Crippen LogP contribution < -0.4 is 0 Å². The van der Waals surface area contributed by atoms with Gasteiger partial charge in [-0.05, 0) is 52.4 Å². The first-order valence-corrected chi connectivity index (χ1v) is 6.21. The molecule has 1 aliphatic heterocycles. The third kappa shape index (κ3) is 2.50. The Labute approximate surface area is 89.9 Å². The lowest BCUT2D eigenvalue weighted by Crippen LogP contribution is -2.50. The summed E-state index contributed by atoms with van der Waals surface area (Å²) in [6, 6.07) is 2.24. The van der Waals surface area contributed by atoms with Crippen LogP contribution in [0.5, 0.6) is 0 Å². The standard InChI is InChI=1S/C13H27N/c1-9(2)13-7-11(5)14(10(3)4)12(6)8-13/h9-13H,7-8H2,1-6H3/t11-,12-/m0/s1. The fourth-order valence-electron chi connectivity index (χ4n) is 3.21. The molecule has 0 N–H and O–H groups in total. The predicted molar refractivity (Wildman–Crippen MR) is 63.5 cm³/mol. The highest BCUT2D eigenvalue weighted by molar-refractivity contribution is 4.87. The fraction of sp³-hybridized carbons (Fsp3) is 1.00. The first kappa shape index (κ1) is 12.0. The van der Waals surface area contributed by atoms with Gasteiger partial charge in [-0.2, -0.15) is 0 Å². The predicted octanol–water partition coefficient (Wildman–Crippen LogP) is 3.54. The van der Waals surface area contributed by atoms with Crippen LogP contribution in [0, 0.1) is 11.8 Å². The zero-order chi connectivity index (χ0) is 10.9. The van der Waals surface area contributed by atoms with E-state index in [9.17, 15) is 0 Å². The summed E-state index contributed by atoms with van der Waals surface area (Å²) in [5, 5.41) is 0. The van der Waals surface area contributed by atoms with Gasteiger partial charge in [-0.25, -0.2) is 0 Å². The molecule has 1 nitrogen and oxygen atoms in total. The van der Waals surface area contributed by atoms with Crippen molar-refractivity contribution in [2.75, 3.05) is 0 Å². The Hall–Kier alpha value is -0.0400. The molecular weight excluding hydrogens is 170 g/mol. The molecule has 0 bridgehead atoms. The van der Waals surface area contributed by atoms with Gasteiger partial charge in [0.05, 0.1) is 0 Å². The normalized spacial score (nSPS) is 35.6. The molecule has 0 aromatic rings. The largest absolute Gasteiger partial charge is 0.296 e. The van der Waals surface area contributed by atoms with E-state index in [1.165, 1.54) is 12.8 Å². The van der Waals surface area contributed by atoms with Crippen molar-refractivity contribution < 1.29 is 0 Å². The molecule has 14 heavy (non-hydrogen) atoms. The lowest BCUT2D eigenvalue weighted by molar-refractivity contribution is 0.0295. The van der Waals surface area contributed by atoms with Crippen LogP contribution in [0.4, 0.5) is 0 Å². The van der Waals surface area contributed by atoms with Crippen molar-refractivity contribution in [3.05, 3.63) is 0 Å². The topological polar surface area (TPSA) is 3.24 Å². The van der Waals surface area contributed by atoms with Crippen LogP contribution in [0.2, 0.25) is 0 Å². The second kappa shape index (κ2) is 4.65. The van der Waals surface area contributed by atoms with E-state index in [-0.39, 0.29) is 0 Å². The molecule has 0 unspecified atom stereocenters. The molecule has 0 amide bonds. The van der Waals surface area contributed by atoms with Crippen LogP contribution in [0.3, 0.4) is 0 Å². The van der Waals surface area contributed by atoms with E-state index in [1.54, 1.807) is 0 Å². The smallest absolute Gasteiger partial charge is 0.00751 e. The molecule has 0 spiro atoms. The van der Waals surface area contributed by atoms with E-state index in [1.807, 2.05) is 0 Å². The number of likely N-dealkylation sites (tertiary alicyclic amines) is 1. The Bertz CT molecular complexity index is 162. The molecule has 0 saturated carbocycles. The van der Waals surface area contributed by atoms with E-state index < -0.39 is 0 Å². The van der Waals surface area contributed by atoms with Gasteiger partial charge in [0, 0.05) is 18.1 Å². The lowest BCUT2D eigenvalue weighted by atomic mass is 9.80. The van der Waals surface area contributed by atoms with Crippen molar-refractivity contribution >= 4 is 0 Å². The Morgan fingerprint density at radius 3 is 1.64 bits per heavy atom. The highest BCUT2D eigenvalue weighted by Crippen LogP contribution is 2.33. The summed E-state index contributed by atoms with van der Waals surface area (Å²) in [7, 11) is 0. The molecule has 1 rings (SSSR count). The zero-order valence-corrected chi connectivity index (χ0v) is 10.7. The molecule has 0 radical (unpaired) electrons. The SMILES string of the molecule is CC(C)C1C[C@H](C)N(C(C)C)[C@@H](C)C1. The van der Waals surface area contributed by atoms with E-state index >= 15 is 0 Å². The minimum Gasteiger partial charge on any atom is -0.296 e. The van der Waals surface area contributed by atoms with Gasteiger partial charge >= 0.3 is 0 Å². The summed E-state index contributed by atoms with van der Waals surface area (Å²) in [5.74, 6) is 1.80. The summed E-state index contributed by atoms with van der Waals surface area (Å²) >= 11 is 0. The van der Waals surface area contributed by atoms with Crippen molar-refractivity contribution in [2.24, 2.45) is 11.8 Å². The first-order valence-electron chi connectivity index (χ1n) is 6.21. The minimum atomic E-state index is 0.702. The monoisotopic (exact) mass is 197 g/mol. The van der Waals surface area contributed by atoms with E-state index in [4.69, 9.17) is 0 Å². The van der Waals surface area contributed by atoms with Crippen LogP contribution in [0.25, 0.3) is 0 Å². The molecule has 1 heterocycles. The third-order valence-corrected chi connectivity index (χ3v) is 3.84. The number of hydrogen-bond donors (Lipinski definition) is 0. The molecule has 2 atom stereocenters. The molecule has 84 valence electrons. The van der Waals surface area contributed by atoms with Gasteiger partial charge in [0.2, 0.25) is 0 Å². The maximum Gasteiger partial charge on any atom is 0.00751 e. The first-order chi connectivity index (χ1) is 6.43. The molecular formula is C13H27N. The second-order valence-corrected chi connectivity index (χ2v) is 5.71. The maximum atomic E-state index is 2.68. The van der Waals surface area contributed by atoms with Crippen LogP contribution in [0.15, 0.2) is 0 Å². The van der Waals surface area contributed by atoms with Crippen molar-refractivity contribution in [1.29, 1.82) is 0 Å². The highest BCUT2D eigenvalue weighted by atomic mass is 15.2. The fourth-order valence-corrected chi connectivity index (χ4v) is 3.21. The average molecular weight is 197 g/mol. The number of rotatable bonds is 2. The number of nitrogens with zero attached hydrogens (tertiary/aromatic N) is 1. The van der Waals surface area contributed by atoms with Gasteiger partial charge in [-0.15, -0.1) is 0 Å². The number of hydrogen-bond acceptors (Lipinski definition) is 1. The van der Waals surface area contributed by atoms with Gasteiger partial charge in [0.25, 0.3) is 0 Å². The van der Waals surface area contributed by atoms with E-state index in [0.29, 0.717) is 6.04 Å². The summed E-state index contributed by atoms with van der Waals surface area (Å²) in [6.07, 6.45) is 2.78. The highest BCUT2D eigenvalue weighted by Gasteiger charge is 2.33. The van der Waals surface area contributed by atoms with Crippen LogP contribution in [0.1, 0.15) is 54.4 Å². The van der Waals surface area contributed by atoms with E-state index in [2.05, 4.69) is 46.4 Å². The molecule has 1 fully saturated rings. The van der Waals surface area contributed by atoms with Crippen LogP contribution in [-0.2, 0) is 0 Å². The Morgan fingerprint density at radius 2 is 1.36 bits per heavy atom. The van der Waals surface area contributed by atoms with Gasteiger partial charge in [-0.1, -0.05) is 13.8 Å². The summed E-state index contributed by atoms with van der Waals surface area (Å²) < 4.78 is 0. The Kier molecular flexibility index (Phi) is 4.00. The third-order valence-electron chi connectivity index (χ3n) is 3.84. The van der Waals surface area contributed by atoms with Gasteiger partial charge in [0.15, 0.2) is 0 Å². The average Bonchev–Trinajstić information content (AvgIpc) is 2.01. The van der Waals surface area contributed by atoms with Crippen molar-refractivity contribution in [1.82, 2.24) is 4.90 Å². The Balaban J connectivity index is 2.63. The van der Waals surface area contributed by atoms with Gasteiger partial charge in [0.1, 0.15) is 0 Å². The molecule has 1 heteroatoms. The molecule has 0 aromatic heterocycles. The summed E-state index contributed by atoms with van der Waals surface area (Å²) in [6.45, 7) is 14.2. The number of piperidine rings is 1. The minimum absolute atomic E-state index is 0.702. The molecule has 1 aliphatic rings.